The van der Waals surface area contributed by atoms with Crippen LogP contribution in [-0.2, 0) is 13.1 Å². The van der Waals surface area contributed by atoms with Gasteiger partial charge in [-0.15, -0.1) is 0 Å². The highest BCUT2D eigenvalue weighted by Gasteiger charge is 2.47. The van der Waals surface area contributed by atoms with Crippen LogP contribution in [-0.4, -0.2) is 50.9 Å². The molecule has 6 nitrogen and oxygen atoms in total. The molecule has 2 fully saturated rings. The van der Waals surface area contributed by atoms with Crippen LogP contribution >= 0.6 is 0 Å². The number of hydrogen-bond acceptors (Lipinski definition) is 4. The third-order valence-corrected chi connectivity index (χ3v) is 8.57. The van der Waals surface area contributed by atoms with E-state index in [0.717, 1.165) is 60.5 Å². The number of amides is 1. The molecule has 1 aliphatic heterocycles. The van der Waals surface area contributed by atoms with E-state index in [0.29, 0.717) is 17.5 Å². The lowest BCUT2D eigenvalue weighted by Gasteiger charge is -2.42. The number of benzene rings is 3. The zero-order valence-electron chi connectivity index (χ0n) is 22.5. The van der Waals surface area contributed by atoms with Gasteiger partial charge in [-0.2, -0.15) is 5.26 Å². The maximum Gasteiger partial charge on any atom is 0.254 e. The highest BCUT2D eigenvalue weighted by atomic mass is 16.2. The normalized spacial score (nSPS) is 21.1. The molecule has 0 spiro atoms. The molecular weight excluding hydrogens is 482 g/mol. The van der Waals surface area contributed by atoms with Crippen molar-refractivity contribution in [3.8, 4) is 6.07 Å². The fourth-order valence-electron chi connectivity index (χ4n) is 6.37. The van der Waals surface area contributed by atoms with Crippen LogP contribution in [0.15, 0.2) is 79.3 Å². The standard InChI is InChI=1S/C33H35N5O/c1-2-6-27-17-31(27)32-22-37(33(39)30-10-5-8-26-7-3-4-9-29(26)30)16-15-36(32)21-28-19-35-23-38(28)20-25-13-11-24(18-34)12-14-25/h3-5,7-14,19,23,27,31-32H,2,6,15-17,20-22H2,1H3/t27?,31?,32-/m1/s1. The van der Waals surface area contributed by atoms with E-state index in [2.05, 4.69) is 50.5 Å². The maximum absolute atomic E-state index is 13.8. The molecule has 1 aliphatic carbocycles. The van der Waals surface area contributed by atoms with Gasteiger partial charge in [0.1, 0.15) is 0 Å². The SMILES string of the molecule is CCCC1CC1[C@H]1CN(C(=O)c2cccc3ccccc23)CCN1Cc1cncn1Cc1ccc(C#N)cc1. The largest absolute Gasteiger partial charge is 0.336 e. The van der Waals surface area contributed by atoms with Gasteiger partial charge < -0.3 is 9.47 Å². The Bertz CT molecular complexity index is 1500. The van der Waals surface area contributed by atoms with E-state index in [-0.39, 0.29) is 5.91 Å². The molecule has 6 rings (SSSR count). The third-order valence-electron chi connectivity index (χ3n) is 8.57. The van der Waals surface area contributed by atoms with E-state index < -0.39 is 0 Å². The Kier molecular flexibility index (Phi) is 7.17. The lowest BCUT2D eigenvalue weighted by atomic mass is 10.0. The molecule has 1 saturated carbocycles. The summed E-state index contributed by atoms with van der Waals surface area (Å²) in [5.74, 6) is 1.55. The van der Waals surface area contributed by atoms with Crippen LogP contribution in [0.5, 0.6) is 0 Å². The molecule has 2 heterocycles. The van der Waals surface area contributed by atoms with Gasteiger partial charge in [0.2, 0.25) is 0 Å². The first-order valence-electron chi connectivity index (χ1n) is 14.1. The number of imidazole rings is 1. The van der Waals surface area contributed by atoms with Crippen molar-refractivity contribution < 1.29 is 4.79 Å². The zero-order chi connectivity index (χ0) is 26.8. The minimum atomic E-state index is 0.148. The minimum Gasteiger partial charge on any atom is -0.336 e. The Balaban J connectivity index is 1.20. The van der Waals surface area contributed by atoms with Crippen LogP contribution in [0.2, 0.25) is 0 Å². The summed E-state index contributed by atoms with van der Waals surface area (Å²) in [6.07, 6.45) is 7.62. The summed E-state index contributed by atoms with van der Waals surface area (Å²) in [6.45, 7) is 6.19. The van der Waals surface area contributed by atoms with Crippen molar-refractivity contribution in [2.75, 3.05) is 19.6 Å². The molecular formula is C33H35N5O. The molecule has 1 aromatic heterocycles. The van der Waals surface area contributed by atoms with Crippen LogP contribution < -0.4 is 0 Å². The first-order valence-corrected chi connectivity index (χ1v) is 14.1. The molecule has 39 heavy (non-hydrogen) atoms. The van der Waals surface area contributed by atoms with Gasteiger partial charge in [0.05, 0.1) is 23.7 Å². The molecule has 1 saturated heterocycles. The molecule has 3 aromatic carbocycles. The number of fused-ring (bicyclic) bond motifs is 1. The quantitative estimate of drug-likeness (QED) is 0.300. The van der Waals surface area contributed by atoms with Crippen molar-refractivity contribution in [1.82, 2.24) is 19.4 Å². The minimum absolute atomic E-state index is 0.148. The van der Waals surface area contributed by atoms with Crippen LogP contribution in [0.1, 0.15) is 53.4 Å². The smallest absolute Gasteiger partial charge is 0.254 e. The van der Waals surface area contributed by atoms with Gasteiger partial charge in [0.25, 0.3) is 5.91 Å². The Morgan fingerprint density at radius 2 is 1.85 bits per heavy atom. The number of aromatic nitrogens is 2. The van der Waals surface area contributed by atoms with Crippen LogP contribution in [0, 0.1) is 23.2 Å². The van der Waals surface area contributed by atoms with Crippen molar-refractivity contribution >= 4 is 16.7 Å². The first kappa shape index (κ1) is 25.3. The van der Waals surface area contributed by atoms with E-state index >= 15 is 0 Å². The summed E-state index contributed by atoms with van der Waals surface area (Å²) >= 11 is 0. The van der Waals surface area contributed by atoms with Gasteiger partial charge in [-0.05, 0) is 52.8 Å². The van der Waals surface area contributed by atoms with Crippen molar-refractivity contribution in [3.05, 3.63) is 102 Å². The van der Waals surface area contributed by atoms with E-state index in [9.17, 15) is 4.79 Å². The summed E-state index contributed by atoms with van der Waals surface area (Å²) in [6, 6.07) is 24.5. The Hall–Kier alpha value is -3.95. The predicted molar refractivity (Wildman–Crippen MR) is 153 cm³/mol. The average molecular weight is 518 g/mol. The molecule has 2 unspecified atom stereocenters. The molecule has 3 atom stereocenters. The second-order valence-corrected chi connectivity index (χ2v) is 11.1. The Morgan fingerprint density at radius 1 is 1.03 bits per heavy atom. The number of carbonyl (C=O) groups is 1. The number of carbonyl (C=O) groups excluding carboxylic acids is 1. The van der Waals surface area contributed by atoms with Gasteiger partial charge >= 0.3 is 0 Å². The number of nitriles is 1. The van der Waals surface area contributed by atoms with Crippen LogP contribution in [0.4, 0.5) is 0 Å². The predicted octanol–water partition coefficient (Wildman–Crippen LogP) is 5.72. The molecule has 0 N–H and O–H groups in total. The van der Waals surface area contributed by atoms with Gasteiger partial charge in [-0.3, -0.25) is 9.69 Å². The van der Waals surface area contributed by atoms with Gasteiger partial charge in [-0.25, -0.2) is 4.98 Å². The van der Waals surface area contributed by atoms with E-state index in [1.165, 1.54) is 25.0 Å². The second-order valence-electron chi connectivity index (χ2n) is 11.1. The molecule has 198 valence electrons. The summed E-state index contributed by atoms with van der Waals surface area (Å²) in [4.78, 5) is 23.0. The van der Waals surface area contributed by atoms with Crippen molar-refractivity contribution in [1.29, 1.82) is 5.26 Å². The van der Waals surface area contributed by atoms with Gasteiger partial charge in [0, 0.05) is 50.5 Å². The number of nitrogens with zero attached hydrogens (tertiary/aromatic N) is 5. The van der Waals surface area contributed by atoms with Crippen molar-refractivity contribution in [2.24, 2.45) is 11.8 Å². The fraction of sp³-hybridized carbons (Fsp3) is 0.364. The second kappa shape index (κ2) is 11.0. The number of hydrogen-bond donors (Lipinski definition) is 0. The monoisotopic (exact) mass is 517 g/mol. The van der Waals surface area contributed by atoms with Crippen LogP contribution in [0.25, 0.3) is 10.8 Å². The molecule has 6 heteroatoms. The number of piperazine rings is 1. The zero-order valence-corrected chi connectivity index (χ0v) is 22.5. The molecule has 1 amide bonds. The Labute approximate surface area is 230 Å². The summed E-state index contributed by atoms with van der Waals surface area (Å²) in [7, 11) is 0. The molecule has 0 bridgehead atoms. The third kappa shape index (κ3) is 5.32. The first-order chi connectivity index (χ1) is 19.1. The highest BCUT2D eigenvalue weighted by molar-refractivity contribution is 6.07. The van der Waals surface area contributed by atoms with Crippen molar-refractivity contribution in [3.63, 3.8) is 0 Å². The van der Waals surface area contributed by atoms with Crippen LogP contribution in [0.3, 0.4) is 0 Å². The van der Waals surface area contributed by atoms with E-state index in [1.807, 2.05) is 61.1 Å². The highest BCUT2D eigenvalue weighted by Crippen LogP contribution is 2.47. The lowest BCUT2D eigenvalue weighted by Crippen LogP contribution is -2.55. The average Bonchev–Trinajstić information content (AvgIpc) is 3.61. The molecule has 4 aromatic rings. The van der Waals surface area contributed by atoms with E-state index in [1.54, 1.807) is 0 Å². The topological polar surface area (TPSA) is 65.2 Å². The maximum atomic E-state index is 13.8. The Morgan fingerprint density at radius 3 is 2.67 bits per heavy atom. The summed E-state index contributed by atoms with van der Waals surface area (Å²) in [5, 5.41) is 11.3. The molecule has 2 aliphatic rings. The summed E-state index contributed by atoms with van der Waals surface area (Å²) < 4.78 is 2.21. The molecule has 0 radical (unpaired) electrons. The van der Waals surface area contributed by atoms with Crippen molar-refractivity contribution in [2.45, 2.75) is 45.3 Å². The fourth-order valence-corrected chi connectivity index (χ4v) is 6.37. The van der Waals surface area contributed by atoms with E-state index in [4.69, 9.17) is 5.26 Å². The lowest BCUT2D eigenvalue weighted by molar-refractivity contribution is 0.0385. The van der Waals surface area contributed by atoms with Gasteiger partial charge in [-0.1, -0.05) is 68.3 Å². The summed E-state index contributed by atoms with van der Waals surface area (Å²) in [5.41, 5.74) is 3.82. The van der Waals surface area contributed by atoms with Gasteiger partial charge in [0.15, 0.2) is 0 Å². The number of rotatable bonds is 8.